The Morgan fingerprint density at radius 2 is 1.95 bits per heavy atom. The maximum atomic E-state index is 13.2. The SMILES string of the molecule is CC1=CC(C)(S(=O)(=O)n2ncc3ccccc32)CC(C)=C1Cl. The predicted molar refractivity (Wildman–Crippen MR) is 89.4 cm³/mol. The van der Waals surface area contributed by atoms with E-state index in [1.165, 1.54) is 0 Å². The average molecular weight is 337 g/mol. The molecule has 0 aliphatic heterocycles. The van der Waals surface area contributed by atoms with Crippen LogP contribution in [-0.2, 0) is 10.0 Å². The van der Waals surface area contributed by atoms with E-state index in [0.717, 1.165) is 20.6 Å². The van der Waals surface area contributed by atoms with Gasteiger partial charge in [-0.1, -0.05) is 41.4 Å². The molecule has 0 N–H and O–H groups in total. The molecule has 0 bridgehead atoms. The fraction of sp³-hybridized carbons (Fsp3) is 0.312. The third kappa shape index (κ3) is 2.11. The number of para-hydroxylation sites is 1. The van der Waals surface area contributed by atoms with Gasteiger partial charge in [-0.15, -0.1) is 0 Å². The zero-order valence-corrected chi connectivity index (χ0v) is 14.2. The highest BCUT2D eigenvalue weighted by atomic mass is 35.5. The number of rotatable bonds is 2. The Morgan fingerprint density at radius 1 is 1.27 bits per heavy atom. The van der Waals surface area contributed by atoms with E-state index in [-0.39, 0.29) is 0 Å². The number of allylic oxidation sites excluding steroid dienone is 3. The van der Waals surface area contributed by atoms with E-state index < -0.39 is 14.8 Å². The summed E-state index contributed by atoms with van der Waals surface area (Å²) in [4.78, 5) is 0. The molecule has 3 rings (SSSR count). The van der Waals surface area contributed by atoms with Gasteiger partial charge in [0, 0.05) is 10.4 Å². The lowest BCUT2D eigenvalue weighted by Gasteiger charge is -2.31. The third-order valence-electron chi connectivity index (χ3n) is 4.12. The Labute approximate surface area is 135 Å². The minimum absolute atomic E-state index is 0.361. The van der Waals surface area contributed by atoms with Gasteiger partial charge in [-0.25, -0.2) is 8.42 Å². The van der Waals surface area contributed by atoms with E-state index in [2.05, 4.69) is 5.10 Å². The van der Waals surface area contributed by atoms with Gasteiger partial charge >= 0.3 is 0 Å². The van der Waals surface area contributed by atoms with Crippen molar-refractivity contribution in [1.29, 1.82) is 0 Å². The Kier molecular flexibility index (Phi) is 3.45. The topological polar surface area (TPSA) is 52.0 Å². The van der Waals surface area contributed by atoms with Gasteiger partial charge in [0.05, 0.1) is 11.7 Å². The van der Waals surface area contributed by atoms with E-state index in [9.17, 15) is 8.42 Å². The molecule has 2 aromatic rings. The van der Waals surface area contributed by atoms with E-state index in [0.29, 0.717) is 17.0 Å². The summed E-state index contributed by atoms with van der Waals surface area (Å²) >= 11 is 6.21. The first-order valence-electron chi connectivity index (χ1n) is 6.99. The van der Waals surface area contributed by atoms with Gasteiger partial charge in [-0.2, -0.15) is 9.19 Å². The number of hydrogen-bond donors (Lipinski definition) is 0. The monoisotopic (exact) mass is 336 g/mol. The molecule has 0 saturated carbocycles. The summed E-state index contributed by atoms with van der Waals surface area (Å²) < 4.78 is 26.4. The Balaban J connectivity index is 2.19. The van der Waals surface area contributed by atoms with Crippen molar-refractivity contribution in [2.24, 2.45) is 0 Å². The van der Waals surface area contributed by atoms with E-state index in [1.54, 1.807) is 25.3 Å². The highest BCUT2D eigenvalue weighted by Gasteiger charge is 2.42. The highest BCUT2D eigenvalue weighted by Crippen LogP contribution is 2.39. The van der Waals surface area contributed by atoms with Crippen molar-refractivity contribution in [3.8, 4) is 0 Å². The lowest BCUT2D eigenvalue weighted by Crippen LogP contribution is -2.40. The maximum absolute atomic E-state index is 13.2. The van der Waals surface area contributed by atoms with Gasteiger partial charge in [0.25, 0.3) is 10.0 Å². The molecule has 0 amide bonds. The van der Waals surface area contributed by atoms with Crippen LogP contribution in [0.25, 0.3) is 10.9 Å². The lowest BCUT2D eigenvalue weighted by molar-refractivity contribution is 0.543. The number of aromatic nitrogens is 2. The van der Waals surface area contributed by atoms with Gasteiger partial charge in [-0.05, 0) is 38.8 Å². The van der Waals surface area contributed by atoms with Gasteiger partial charge in [0.15, 0.2) is 0 Å². The van der Waals surface area contributed by atoms with Crippen LogP contribution in [0.5, 0.6) is 0 Å². The van der Waals surface area contributed by atoms with Crippen molar-refractivity contribution in [2.45, 2.75) is 31.9 Å². The largest absolute Gasteiger partial charge is 0.263 e. The van der Waals surface area contributed by atoms with Crippen molar-refractivity contribution >= 4 is 32.5 Å². The molecular formula is C16H17ClN2O2S. The normalized spacial score (nSPS) is 23.0. The van der Waals surface area contributed by atoms with Crippen LogP contribution in [0.1, 0.15) is 27.2 Å². The van der Waals surface area contributed by atoms with Crippen molar-refractivity contribution in [1.82, 2.24) is 9.19 Å². The smallest absolute Gasteiger partial charge is 0.204 e. The van der Waals surface area contributed by atoms with Crippen molar-refractivity contribution in [3.63, 3.8) is 0 Å². The van der Waals surface area contributed by atoms with Gasteiger partial charge in [0.1, 0.15) is 4.75 Å². The molecule has 1 unspecified atom stereocenters. The standard InChI is InChI=1S/C16H17ClN2O2S/c1-11-8-16(3,9-12(2)15(11)17)22(20,21)19-14-7-5-4-6-13(14)10-18-19/h4-8,10H,9H2,1-3H3. The molecule has 0 spiro atoms. The fourth-order valence-corrected chi connectivity index (χ4v) is 4.85. The number of nitrogens with zero attached hydrogens (tertiary/aromatic N) is 2. The van der Waals surface area contributed by atoms with Crippen LogP contribution in [0, 0.1) is 0 Å². The molecule has 1 heterocycles. The Bertz CT molecular complexity index is 925. The Morgan fingerprint density at radius 3 is 2.64 bits per heavy atom. The highest BCUT2D eigenvalue weighted by molar-refractivity contribution is 7.91. The molecule has 0 fully saturated rings. The summed E-state index contributed by atoms with van der Waals surface area (Å²) in [6.07, 6.45) is 3.67. The van der Waals surface area contributed by atoms with Gasteiger partial charge in [-0.3, -0.25) is 0 Å². The van der Waals surface area contributed by atoms with Gasteiger partial charge < -0.3 is 0 Å². The molecule has 0 saturated heterocycles. The van der Waals surface area contributed by atoms with Crippen LogP contribution in [0.4, 0.5) is 0 Å². The van der Waals surface area contributed by atoms with E-state index in [4.69, 9.17) is 11.6 Å². The summed E-state index contributed by atoms with van der Waals surface area (Å²) in [7, 11) is -3.70. The van der Waals surface area contributed by atoms with E-state index in [1.807, 2.05) is 32.0 Å². The number of benzene rings is 1. The molecule has 22 heavy (non-hydrogen) atoms. The molecule has 1 atom stereocenters. The molecule has 1 aliphatic carbocycles. The van der Waals surface area contributed by atoms with Crippen LogP contribution in [0.3, 0.4) is 0 Å². The van der Waals surface area contributed by atoms with Crippen LogP contribution >= 0.6 is 11.6 Å². The first-order chi connectivity index (χ1) is 10.3. The Hall–Kier alpha value is -1.59. The summed E-state index contributed by atoms with van der Waals surface area (Å²) in [6, 6.07) is 7.28. The zero-order chi connectivity index (χ0) is 16.1. The van der Waals surface area contributed by atoms with Crippen molar-refractivity contribution in [2.75, 3.05) is 0 Å². The lowest BCUT2D eigenvalue weighted by atomic mass is 9.92. The van der Waals surface area contributed by atoms with Crippen LogP contribution in [0.15, 0.2) is 52.7 Å². The van der Waals surface area contributed by atoms with Crippen LogP contribution < -0.4 is 0 Å². The molecule has 116 valence electrons. The van der Waals surface area contributed by atoms with Crippen LogP contribution in [0.2, 0.25) is 0 Å². The van der Waals surface area contributed by atoms with Crippen molar-refractivity contribution in [3.05, 3.63) is 52.7 Å². The second-order valence-corrected chi connectivity index (χ2v) is 8.57. The molecule has 0 radical (unpaired) electrons. The van der Waals surface area contributed by atoms with Crippen molar-refractivity contribution < 1.29 is 8.42 Å². The summed E-state index contributed by atoms with van der Waals surface area (Å²) in [5.41, 5.74) is 2.25. The maximum Gasteiger partial charge on any atom is 0.263 e. The molecule has 1 aliphatic rings. The average Bonchev–Trinajstić information content (AvgIpc) is 2.89. The number of hydrogen-bond acceptors (Lipinski definition) is 3. The predicted octanol–water partition coefficient (Wildman–Crippen LogP) is 3.84. The summed E-state index contributed by atoms with van der Waals surface area (Å²) in [5, 5.41) is 5.56. The first-order valence-corrected chi connectivity index (χ1v) is 8.81. The van der Waals surface area contributed by atoms with Gasteiger partial charge in [0.2, 0.25) is 0 Å². The summed E-state index contributed by atoms with van der Waals surface area (Å²) in [5.74, 6) is 0. The minimum Gasteiger partial charge on any atom is -0.204 e. The zero-order valence-electron chi connectivity index (χ0n) is 12.7. The second-order valence-electron chi connectivity index (χ2n) is 5.96. The number of halogens is 1. The fourth-order valence-electron chi connectivity index (χ4n) is 3.02. The first kappa shape index (κ1) is 15.3. The molecule has 6 heteroatoms. The number of fused-ring (bicyclic) bond motifs is 1. The summed E-state index contributed by atoms with van der Waals surface area (Å²) in [6.45, 7) is 5.42. The second kappa shape index (κ2) is 4.96. The molecular weight excluding hydrogens is 320 g/mol. The third-order valence-corrected chi connectivity index (χ3v) is 6.93. The molecule has 1 aromatic heterocycles. The quantitative estimate of drug-likeness (QED) is 0.837. The molecule has 4 nitrogen and oxygen atoms in total. The minimum atomic E-state index is -3.70. The van der Waals surface area contributed by atoms with Crippen LogP contribution in [-0.4, -0.2) is 22.4 Å². The molecule has 1 aromatic carbocycles. The van der Waals surface area contributed by atoms with E-state index >= 15 is 0 Å².